The first-order valence-electron chi connectivity index (χ1n) is 7.59. The molecular formula is C17H29NO2. The summed E-state index contributed by atoms with van der Waals surface area (Å²) in [6, 6.07) is 8.26. The van der Waals surface area contributed by atoms with Gasteiger partial charge in [0.25, 0.3) is 0 Å². The van der Waals surface area contributed by atoms with Crippen LogP contribution >= 0.6 is 0 Å². The number of hydrogen-bond acceptors (Lipinski definition) is 3. The van der Waals surface area contributed by atoms with Crippen molar-refractivity contribution in [3.63, 3.8) is 0 Å². The van der Waals surface area contributed by atoms with Crippen LogP contribution in [0.2, 0.25) is 0 Å². The zero-order chi connectivity index (χ0) is 15.0. The van der Waals surface area contributed by atoms with E-state index in [9.17, 15) is 5.11 Å². The van der Waals surface area contributed by atoms with Crippen LogP contribution in [0, 0.1) is 0 Å². The highest BCUT2D eigenvalue weighted by atomic mass is 16.5. The van der Waals surface area contributed by atoms with Gasteiger partial charge >= 0.3 is 0 Å². The highest BCUT2D eigenvalue weighted by Gasteiger charge is 2.21. The van der Waals surface area contributed by atoms with Crippen LogP contribution in [0.25, 0.3) is 0 Å². The Morgan fingerprint density at radius 2 is 1.90 bits per heavy atom. The SMILES string of the molecule is CCCNC(C)(CO)CCOc1ccc(C(C)C)cc1. The second kappa shape index (κ2) is 8.28. The van der Waals surface area contributed by atoms with E-state index >= 15 is 0 Å². The number of aliphatic hydroxyl groups is 1. The van der Waals surface area contributed by atoms with Crippen LogP contribution < -0.4 is 10.1 Å². The van der Waals surface area contributed by atoms with Gasteiger partial charge in [-0.05, 0) is 43.5 Å². The molecule has 0 amide bonds. The van der Waals surface area contributed by atoms with E-state index in [0.717, 1.165) is 25.1 Å². The lowest BCUT2D eigenvalue weighted by molar-refractivity contribution is 0.144. The molecule has 1 aromatic carbocycles. The van der Waals surface area contributed by atoms with E-state index in [-0.39, 0.29) is 12.1 Å². The molecule has 0 heterocycles. The lowest BCUT2D eigenvalue weighted by Crippen LogP contribution is -2.47. The molecule has 1 rings (SSSR count). The minimum Gasteiger partial charge on any atom is -0.494 e. The zero-order valence-electron chi connectivity index (χ0n) is 13.3. The lowest BCUT2D eigenvalue weighted by atomic mass is 9.99. The molecule has 1 aromatic rings. The number of rotatable bonds is 9. The van der Waals surface area contributed by atoms with Crippen LogP contribution in [0.15, 0.2) is 24.3 Å². The third-order valence-corrected chi connectivity index (χ3v) is 3.62. The predicted molar refractivity (Wildman–Crippen MR) is 84.4 cm³/mol. The second-order valence-electron chi connectivity index (χ2n) is 5.97. The third-order valence-electron chi connectivity index (χ3n) is 3.62. The summed E-state index contributed by atoms with van der Waals surface area (Å²) < 4.78 is 5.77. The van der Waals surface area contributed by atoms with Gasteiger partial charge in [-0.15, -0.1) is 0 Å². The largest absolute Gasteiger partial charge is 0.494 e. The summed E-state index contributed by atoms with van der Waals surface area (Å²) in [5.74, 6) is 1.44. The van der Waals surface area contributed by atoms with Crippen molar-refractivity contribution in [1.29, 1.82) is 0 Å². The average Bonchev–Trinajstić information content (AvgIpc) is 2.45. The molecule has 1 unspecified atom stereocenters. The summed E-state index contributed by atoms with van der Waals surface area (Å²) in [4.78, 5) is 0. The summed E-state index contributed by atoms with van der Waals surface area (Å²) in [6.45, 7) is 10.2. The second-order valence-corrected chi connectivity index (χ2v) is 5.97. The average molecular weight is 279 g/mol. The van der Waals surface area contributed by atoms with E-state index in [1.807, 2.05) is 19.1 Å². The highest BCUT2D eigenvalue weighted by molar-refractivity contribution is 5.28. The van der Waals surface area contributed by atoms with E-state index in [2.05, 4.69) is 38.2 Å². The minimum absolute atomic E-state index is 0.128. The Kier molecular flexibility index (Phi) is 7.03. The fraction of sp³-hybridized carbons (Fsp3) is 0.647. The Hall–Kier alpha value is -1.06. The fourth-order valence-corrected chi connectivity index (χ4v) is 1.99. The van der Waals surface area contributed by atoms with Crippen molar-refractivity contribution in [3.8, 4) is 5.75 Å². The van der Waals surface area contributed by atoms with Gasteiger partial charge in [0.05, 0.1) is 13.2 Å². The molecular weight excluding hydrogens is 250 g/mol. The van der Waals surface area contributed by atoms with Crippen molar-refractivity contribution in [2.75, 3.05) is 19.8 Å². The maximum atomic E-state index is 9.49. The molecule has 0 bridgehead atoms. The molecule has 0 saturated carbocycles. The normalized spacial score (nSPS) is 14.3. The molecule has 0 fully saturated rings. The van der Waals surface area contributed by atoms with Crippen LogP contribution in [-0.4, -0.2) is 30.4 Å². The minimum atomic E-state index is -0.256. The molecule has 3 heteroatoms. The summed E-state index contributed by atoms with van der Waals surface area (Å²) in [7, 11) is 0. The smallest absolute Gasteiger partial charge is 0.119 e. The Morgan fingerprint density at radius 3 is 2.40 bits per heavy atom. The Morgan fingerprint density at radius 1 is 1.25 bits per heavy atom. The van der Waals surface area contributed by atoms with Crippen LogP contribution in [0.4, 0.5) is 0 Å². The van der Waals surface area contributed by atoms with Crippen molar-refractivity contribution in [1.82, 2.24) is 5.32 Å². The maximum Gasteiger partial charge on any atom is 0.119 e. The third kappa shape index (κ3) is 5.51. The van der Waals surface area contributed by atoms with Crippen molar-refractivity contribution in [3.05, 3.63) is 29.8 Å². The molecule has 0 aromatic heterocycles. The van der Waals surface area contributed by atoms with Crippen LogP contribution in [-0.2, 0) is 0 Å². The van der Waals surface area contributed by atoms with Gasteiger partial charge in [-0.25, -0.2) is 0 Å². The molecule has 0 aliphatic carbocycles. The quantitative estimate of drug-likeness (QED) is 0.728. The Balaban J connectivity index is 2.42. The molecule has 0 radical (unpaired) electrons. The number of aliphatic hydroxyl groups excluding tert-OH is 1. The Labute approximate surface area is 123 Å². The van der Waals surface area contributed by atoms with Gasteiger partial charge in [0.1, 0.15) is 5.75 Å². The van der Waals surface area contributed by atoms with Gasteiger partial charge in [0.15, 0.2) is 0 Å². The summed E-state index contributed by atoms with van der Waals surface area (Å²) in [6.07, 6.45) is 1.85. The van der Waals surface area contributed by atoms with Crippen LogP contribution in [0.5, 0.6) is 5.75 Å². The van der Waals surface area contributed by atoms with E-state index in [1.54, 1.807) is 0 Å². The van der Waals surface area contributed by atoms with E-state index < -0.39 is 0 Å². The van der Waals surface area contributed by atoms with Gasteiger partial charge in [0, 0.05) is 12.0 Å². The van der Waals surface area contributed by atoms with Gasteiger partial charge in [-0.3, -0.25) is 0 Å². The summed E-state index contributed by atoms with van der Waals surface area (Å²) >= 11 is 0. The van der Waals surface area contributed by atoms with Crippen LogP contribution in [0.1, 0.15) is 52.0 Å². The van der Waals surface area contributed by atoms with Gasteiger partial charge in [-0.2, -0.15) is 0 Å². The lowest BCUT2D eigenvalue weighted by Gasteiger charge is -2.28. The molecule has 0 spiro atoms. The van der Waals surface area contributed by atoms with Crippen LogP contribution in [0.3, 0.4) is 0 Å². The van der Waals surface area contributed by atoms with E-state index in [1.165, 1.54) is 5.56 Å². The first-order valence-corrected chi connectivity index (χ1v) is 7.59. The number of ether oxygens (including phenoxy) is 1. The first kappa shape index (κ1) is 17.0. The molecule has 0 aliphatic heterocycles. The van der Waals surface area contributed by atoms with Crippen molar-refractivity contribution < 1.29 is 9.84 Å². The number of nitrogens with one attached hydrogen (secondary N) is 1. The number of benzene rings is 1. The van der Waals surface area contributed by atoms with Gasteiger partial charge < -0.3 is 15.2 Å². The maximum absolute atomic E-state index is 9.49. The predicted octanol–water partition coefficient (Wildman–Crippen LogP) is 3.33. The molecule has 0 aliphatic rings. The Bertz CT molecular complexity index is 375. The first-order chi connectivity index (χ1) is 9.50. The number of hydrogen-bond donors (Lipinski definition) is 2. The standard InChI is InChI=1S/C17H29NO2/c1-5-11-18-17(4,13-19)10-12-20-16-8-6-15(7-9-16)14(2)3/h6-9,14,18-19H,5,10-13H2,1-4H3. The van der Waals surface area contributed by atoms with Gasteiger partial charge in [-0.1, -0.05) is 32.9 Å². The molecule has 1 atom stereocenters. The van der Waals surface area contributed by atoms with Crippen molar-refractivity contribution in [2.45, 2.75) is 52.0 Å². The zero-order valence-corrected chi connectivity index (χ0v) is 13.3. The summed E-state index contributed by atoms with van der Waals surface area (Å²) in [5, 5.41) is 12.9. The van der Waals surface area contributed by atoms with Gasteiger partial charge in [0.2, 0.25) is 0 Å². The molecule has 2 N–H and O–H groups in total. The van der Waals surface area contributed by atoms with Crippen molar-refractivity contribution in [2.24, 2.45) is 0 Å². The van der Waals surface area contributed by atoms with E-state index in [4.69, 9.17) is 4.74 Å². The molecule has 3 nitrogen and oxygen atoms in total. The summed E-state index contributed by atoms with van der Waals surface area (Å²) in [5.41, 5.74) is 1.07. The monoisotopic (exact) mass is 279 g/mol. The molecule has 20 heavy (non-hydrogen) atoms. The van der Waals surface area contributed by atoms with E-state index in [0.29, 0.717) is 12.5 Å². The fourth-order valence-electron chi connectivity index (χ4n) is 1.99. The topological polar surface area (TPSA) is 41.5 Å². The van der Waals surface area contributed by atoms with Crippen molar-refractivity contribution >= 4 is 0 Å². The highest BCUT2D eigenvalue weighted by Crippen LogP contribution is 2.19. The molecule has 0 saturated heterocycles. The molecule has 114 valence electrons.